The van der Waals surface area contributed by atoms with E-state index in [1.54, 1.807) is 18.2 Å². The Kier molecular flexibility index (Phi) is 5.23. The number of nitrogens with one attached hydrogen (secondary N) is 1. The molecule has 0 amide bonds. The molecule has 1 heterocycles. The fourth-order valence-corrected chi connectivity index (χ4v) is 3.68. The van der Waals surface area contributed by atoms with Crippen LogP contribution in [0.3, 0.4) is 0 Å². The van der Waals surface area contributed by atoms with E-state index >= 15 is 0 Å². The van der Waals surface area contributed by atoms with Gasteiger partial charge in [-0.15, -0.1) is 0 Å². The minimum absolute atomic E-state index is 0.154. The van der Waals surface area contributed by atoms with E-state index in [9.17, 15) is 9.90 Å². The second kappa shape index (κ2) is 7.21. The number of H-pyrrole nitrogens is 1. The average molecular weight is 350 g/mol. The molecule has 0 saturated heterocycles. The molecular weight excluding hydrogens is 326 g/mol. The van der Waals surface area contributed by atoms with Crippen molar-refractivity contribution in [2.45, 2.75) is 51.2 Å². The molecule has 1 aromatic heterocycles. The van der Waals surface area contributed by atoms with Crippen LogP contribution >= 0.6 is 11.6 Å². The topological polar surface area (TPSA) is 69.2 Å². The van der Waals surface area contributed by atoms with E-state index in [1.165, 1.54) is 6.42 Å². The van der Waals surface area contributed by atoms with Gasteiger partial charge in [-0.25, -0.2) is 4.98 Å². The molecule has 130 valence electrons. The molecule has 0 unspecified atom stereocenters. The number of benzene rings is 1. The number of fused-ring (bicyclic) bond motifs is 1. The number of aromatic nitrogens is 2. The smallest absolute Gasteiger partial charge is 0.258 e. The lowest BCUT2D eigenvalue weighted by molar-refractivity contribution is -0.0274. The second-order valence-electron chi connectivity index (χ2n) is 6.76. The van der Waals surface area contributed by atoms with Crippen LogP contribution in [0.25, 0.3) is 10.9 Å². The van der Waals surface area contributed by atoms with E-state index in [0.717, 1.165) is 32.2 Å². The number of halogens is 1. The molecule has 1 aromatic carbocycles. The third-order valence-electron chi connectivity index (χ3n) is 4.84. The first kappa shape index (κ1) is 17.4. The van der Waals surface area contributed by atoms with Gasteiger partial charge in [0.2, 0.25) is 0 Å². The van der Waals surface area contributed by atoms with Gasteiger partial charge in [0.1, 0.15) is 5.82 Å². The number of aliphatic hydroxyl groups is 1. The van der Waals surface area contributed by atoms with Crippen molar-refractivity contribution in [3.8, 4) is 0 Å². The predicted octanol–water partition coefficient (Wildman–Crippen LogP) is 3.09. The Hall–Kier alpha value is -1.43. The van der Waals surface area contributed by atoms with Crippen molar-refractivity contribution in [2.75, 3.05) is 13.1 Å². The highest BCUT2D eigenvalue weighted by atomic mass is 35.5. The summed E-state index contributed by atoms with van der Waals surface area (Å²) < 4.78 is 0. The summed E-state index contributed by atoms with van der Waals surface area (Å²) in [7, 11) is 0. The first-order chi connectivity index (χ1) is 11.5. The van der Waals surface area contributed by atoms with Crippen LogP contribution in [0.2, 0.25) is 5.02 Å². The van der Waals surface area contributed by atoms with Gasteiger partial charge in [-0.05, 0) is 37.6 Å². The Morgan fingerprint density at radius 3 is 2.79 bits per heavy atom. The fourth-order valence-electron chi connectivity index (χ4n) is 3.51. The lowest BCUT2D eigenvalue weighted by Crippen LogP contribution is -2.44. The Morgan fingerprint density at radius 1 is 1.33 bits per heavy atom. The van der Waals surface area contributed by atoms with Crippen LogP contribution in [0, 0.1) is 0 Å². The van der Waals surface area contributed by atoms with Crippen LogP contribution in [0.1, 0.15) is 44.9 Å². The zero-order chi connectivity index (χ0) is 17.2. The van der Waals surface area contributed by atoms with E-state index in [4.69, 9.17) is 11.6 Å². The third-order valence-corrected chi connectivity index (χ3v) is 5.08. The monoisotopic (exact) mass is 349 g/mol. The molecule has 1 aliphatic rings. The molecular formula is C18H24ClN3O2. The highest BCUT2D eigenvalue weighted by molar-refractivity contribution is 6.31. The largest absolute Gasteiger partial charge is 0.389 e. The molecule has 6 heteroatoms. The number of aromatic amines is 1. The van der Waals surface area contributed by atoms with Gasteiger partial charge in [0.15, 0.2) is 0 Å². The summed E-state index contributed by atoms with van der Waals surface area (Å²) in [6, 6.07) is 5.09. The Labute approximate surface area is 146 Å². The van der Waals surface area contributed by atoms with Crippen LogP contribution in [0.15, 0.2) is 23.0 Å². The van der Waals surface area contributed by atoms with Crippen LogP contribution in [0.4, 0.5) is 0 Å². The molecule has 0 radical (unpaired) electrons. The standard InChI is InChI=1S/C18H24ClN3O2/c1-2-22(12-18(24)8-4-3-5-9-18)11-16-20-15-10-13(19)6-7-14(15)17(23)21-16/h6-7,10,24H,2-5,8-9,11-12H2,1H3,(H,20,21,23). The number of nitrogens with zero attached hydrogens (tertiary/aromatic N) is 2. The van der Waals surface area contributed by atoms with Gasteiger partial charge in [0.25, 0.3) is 5.56 Å². The minimum Gasteiger partial charge on any atom is -0.389 e. The summed E-state index contributed by atoms with van der Waals surface area (Å²) in [5.41, 5.74) is -0.165. The molecule has 24 heavy (non-hydrogen) atoms. The van der Waals surface area contributed by atoms with Crippen molar-refractivity contribution in [3.63, 3.8) is 0 Å². The SMILES string of the molecule is CCN(Cc1nc2cc(Cl)ccc2c(=O)[nH]1)CC1(O)CCCCC1. The molecule has 0 spiro atoms. The van der Waals surface area contributed by atoms with Gasteiger partial charge in [-0.2, -0.15) is 0 Å². The van der Waals surface area contributed by atoms with E-state index < -0.39 is 5.60 Å². The molecule has 1 aliphatic carbocycles. The van der Waals surface area contributed by atoms with E-state index in [0.29, 0.717) is 34.8 Å². The Morgan fingerprint density at radius 2 is 2.08 bits per heavy atom. The molecule has 1 saturated carbocycles. The third kappa shape index (κ3) is 3.97. The van der Waals surface area contributed by atoms with Crippen molar-refractivity contribution >= 4 is 22.5 Å². The number of likely N-dealkylation sites (N-methyl/N-ethyl adjacent to an activating group) is 1. The molecule has 0 bridgehead atoms. The van der Waals surface area contributed by atoms with E-state index in [2.05, 4.69) is 21.8 Å². The maximum Gasteiger partial charge on any atom is 0.258 e. The number of hydrogen-bond acceptors (Lipinski definition) is 4. The molecule has 1 fully saturated rings. The minimum atomic E-state index is -0.616. The normalized spacial score (nSPS) is 17.5. The van der Waals surface area contributed by atoms with Crippen molar-refractivity contribution < 1.29 is 5.11 Å². The van der Waals surface area contributed by atoms with Crippen LogP contribution in [-0.4, -0.2) is 38.7 Å². The maximum atomic E-state index is 12.2. The van der Waals surface area contributed by atoms with E-state index in [-0.39, 0.29) is 5.56 Å². The van der Waals surface area contributed by atoms with Crippen molar-refractivity contribution in [1.82, 2.24) is 14.9 Å². The molecule has 3 rings (SSSR count). The first-order valence-corrected chi connectivity index (χ1v) is 9.00. The van der Waals surface area contributed by atoms with Crippen LogP contribution < -0.4 is 5.56 Å². The van der Waals surface area contributed by atoms with Gasteiger partial charge in [0.05, 0.1) is 23.0 Å². The fraction of sp³-hybridized carbons (Fsp3) is 0.556. The number of hydrogen-bond donors (Lipinski definition) is 2. The van der Waals surface area contributed by atoms with Crippen molar-refractivity contribution in [1.29, 1.82) is 0 Å². The summed E-state index contributed by atoms with van der Waals surface area (Å²) in [4.78, 5) is 21.8. The van der Waals surface area contributed by atoms with Gasteiger partial charge in [0, 0.05) is 11.6 Å². The van der Waals surface area contributed by atoms with Gasteiger partial charge in [-0.3, -0.25) is 9.69 Å². The van der Waals surface area contributed by atoms with Gasteiger partial charge >= 0.3 is 0 Å². The van der Waals surface area contributed by atoms with Gasteiger partial charge < -0.3 is 10.1 Å². The Balaban J connectivity index is 1.80. The summed E-state index contributed by atoms with van der Waals surface area (Å²) >= 11 is 6.01. The molecule has 0 atom stereocenters. The maximum absolute atomic E-state index is 12.2. The zero-order valence-corrected chi connectivity index (χ0v) is 14.8. The second-order valence-corrected chi connectivity index (χ2v) is 7.20. The molecule has 5 nitrogen and oxygen atoms in total. The lowest BCUT2D eigenvalue weighted by Gasteiger charge is -2.36. The molecule has 2 aromatic rings. The predicted molar refractivity (Wildman–Crippen MR) is 96.4 cm³/mol. The van der Waals surface area contributed by atoms with Crippen LogP contribution in [0.5, 0.6) is 0 Å². The quantitative estimate of drug-likeness (QED) is 0.870. The molecule has 0 aliphatic heterocycles. The highest BCUT2D eigenvalue weighted by Gasteiger charge is 2.31. The zero-order valence-electron chi connectivity index (χ0n) is 14.0. The van der Waals surface area contributed by atoms with Gasteiger partial charge in [-0.1, -0.05) is 37.8 Å². The summed E-state index contributed by atoms with van der Waals surface area (Å²) in [6.07, 6.45) is 5.06. The highest BCUT2D eigenvalue weighted by Crippen LogP contribution is 2.29. The van der Waals surface area contributed by atoms with E-state index in [1.807, 2.05) is 0 Å². The van der Waals surface area contributed by atoms with Crippen LogP contribution in [-0.2, 0) is 6.54 Å². The Bertz CT molecular complexity index is 768. The number of rotatable bonds is 5. The van der Waals surface area contributed by atoms with Crippen molar-refractivity contribution in [3.05, 3.63) is 39.4 Å². The summed E-state index contributed by atoms with van der Waals surface area (Å²) in [5, 5.41) is 11.9. The first-order valence-electron chi connectivity index (χ1n) is 8.62. The van der Waals surface area contributed by atoms with Crippen molar-refractivity contribution in [2.24, 2.45) is 0 Å². The lowest BCUT2D eigenvalue weighted by atomic mass is 9.84. The average Bonchev–Trinajstić information content (AvgIpc) is 2.54. The molecule has 2 N–H and O–H groups in total. The summed E-state index contributed by atoms with van der Waals surface area (Å²) in [6.45, 7) is 3.97. The summed E-state index contributed by atoms with van der Waals surface area (Å²) in [5.74, 6) is 0.607.